The van der Waals surface area contributed by atoms with Gasteiger partial charge in [-0.1, -0.05) is 54.6 Å². The Hall–Kier alpha value is -4.35. The van der Waals surface area contributed by atoms with Gasteiger partial charge in [-0.3, -0.25) is 9.48 Å². The van der Waals surface area contributed by atoms with Crippen molar-refractivity contribution in [1.29, 1.82) is 5.26 Å². The molecule has 2 heterocycles. The largest absolute Gasteiger partial charge is 0.315 e. The average molecular weight is 466 g/mol. The van der Waals surface area contributed by atoms with E-state index in [4.69, 9.17) is 5.26 Å². The number of rotatable bonds is 9. The molecule has 1 amide bonds. The van der Waals surface area contributed by atoms with Crippen LogP contribution in [0, 0.1) is 11.3 Å². The molecule has 35 heavy (non-hydrogen) atoms. The molecule has 0 radical (unpaired) electrons. The Balaban J connectivity index is 1.40. The summed E-state index contributed by atoms with van der Waals surface area (Å²) in [6.45, 7) is 3.30. The first-order chi connectivity index (χ1) is 17.0. The van der Waals surface area contributed by atoms with Gasteiger partial charge in [0.05, 0.1) is 23.7 Å². The van der Waals surface area contributed by atoms with Crippen LogP contribution in [0.2, 0.25) is 0 Å². The van der Waals surface area contributed by atoms with Gasteiger partial charge in [-0.05, 0) is 41.3 Å². The molecule has 0 aliphatic heterocycles. The van der Waals surface area contributed by atoms with Crippen molar-refractivity contribution >= 4 is 11.7 Å². The average Bonchev–Trinajstić information content (AvgIpc) is 3.33. The Morgan fingerprint density at radius 1 is 1.03 bits per heavy atom. The Bertz CT molecular complexity index is 1290. The lowest BCUT2D eigenvalue weighted by Crippen LogP contribution is -2.32. The van der Waals surface area contributed by atoms with Crippen LogP contribution in [0.1, 0.15) is 35.4 Å². The normalized spacial score (nSPS) is 12.5. The van der Waals surface area contributed by atoms with E-state index in [2.05, 4.69) is 38.9 Å². The molecule has 0 aliphatic carbocycles. The Morgan fingerprint density at radius 3 is 2.43 bits per heavy atom. The fourth-order valence-corrected chi connectivity index (χ4v) is 3.81. The van der Waals surface area contributed by atoms with Crippen molar-refractivity contribution in [2.24, 2.45) is 7.05 Å². The molecular formula is C27H27N7O. The van der Waals surface area contributed by atoms with Gasteiger partial charge >= 0.3 is 0 Å². The fourth-order valence-electron chi connectivity index (χ4n) is 3.81. The van der Waals surface area contributed by atoms with Crippen molar-refractivity contribution in [3.05, 3.63) is 95.8 Å². The van der Waals surface area contributed by atoms with E-state index in [1.807, 2.05) is 66.9 Å². The van der Waals surface area contributed by atoms with Gasteiger partial charge in [0.1, 0.15) is 11.5 Å². The number of nitrogens with zero attached hydrogens (tertiary/aromatic N) is 5. The minimum absolute atomic E-state index is 0.130. The first-order valence-corrected chi connectivity index (χ1v) is 11.4. The third-order valence-corrected chi connectivity index (χ3v) is 5.84. The second-order valence-corrected chi connectivity index (χ2v) is 8.46. The van der Waals surface area contributed by atoms with Crippen molar-refractivity contribution in [1.82, 2.24) is 25.3 Å². The highest BCUT2D eigenvalue weighted by molar-refractivity contribution is 5.95. The Morgan fingerprint density at radius 2 is 1.80 bits per heavy atom. The standard InChI is InChI=1S/C27H27N7O/c1-19(21-10-8-20(14-28)9-11-21)15-29-17-24(22-6-4-3-5-7-22)27(35)31-26-13-12-23(16-30-26)25-18-34(2)33-32-25/h3-13,16,18-19,24,29H,15,17H2,1-2H3,(H,30,31,35)/t19-,24?/m0/s1. The number of benzene rings is 2. The molecule has 2 aromatic carbocycles. The molecule has 0 spiro atoms. The maximum Gasteiger partial charge on any atom is 0.234 e. The minimum atomic E-state index is -0.383. The number of nitrogens with one attached hydrogen (secondary N) is 2. The zero-order valence-electron chi connectivity index (χ0n) is 19.7. The third-order valence-electron chi connectivity index (χ3n) is 5.84. The summed E-state index contributed by atoms with van der Waals surface area (Å²) in [7, 11) is 1.81. The molecule has 176 valence electrons. The highest BCUT2D eigenvalue weighted by Crippen LogP contribution is 2.21. The number of amides is 1. The molecule has 0 aliphatic rings. The van der Waals surface area contributed by atoms with Crippen LogP contribution in [0.25, 0.3) is 11.3 Å². The predicted octanol–water partition coefficient (Wildman–Crippen LogP) is 3.86. The Kier molecular flexibility index (Phi) is 7.60. The SMILES string of the molecule is C[C@@H](CNCC(C(=O)Nc1ccc(-c2cn(C)nn2)cn1)c1ccccc1)c1ccc(C#N)cc1. The third kappa shape index (κ3) is 6.16. The molecule has 4 rings (SSSR count). The number of hydrogen-bond donors (Lipinski definition) is 2. The van der Waals surface area contributed by atoms with Crippen LogP contribution < -0.4 is 10.6 Å². The first kappa shape index (κ1) is 23.8. The lowest BCUT2D eigenvalue weighted by Gasteiger charge is -2.20. The number of nitriles is 1. The highest BCUT2D eigenvalue weighted by atomic mass is 16.2. The van der Waals surface area contributed by atoms with Crippen LogP contribution in [-0.4, -0.2) is 39.0 Å². The Labute approximate surface area is 204 Å². The first-order valence-electron chi connectivity index (χ1n) is 11.4. The molecule has 0 saturated carbocycles. The van der Waals surface area contributed by atoms with Crippen LogP contribution in [-0.2, 0) is 11.8 Å². The van der Waals surface area contributed by atoms with Crippen LogP contribution >= 0.6 is 0 Å². The van der Waals surface area contributed by atoms with Gasteiger partial charge in [0.2, 0.25) is 5.91 Å². The van der Waals surface area contributed by atoms with Crippen molar-refractivity contribution in [2.45, 2.75) is 18.8 Å². The van der Waals surface area contributed by atoms with Gasteiger partial charge < -0.3 is 10.6 Å². The minimum Gasteiger partial charge on any atom is -0.315 e. The van der Waals surface area contributed by atoms with Crippen LogP contribution in [0.15, 0.2) is 79.1 Å². The molecule has 0 saturated heterocycles. The fraction of sp³-hybridized carbons (Fsp3) is 0.222. The summed E-state index contributed by atoms with van der Waals surface area (Å²) in [5.41, 5.74) is 4.27. The van der Waals surface area contributed by atoms with E-state index < -0.39 is 0 Å². The molecule has 8 nitrogen and oxygen atoms in total. The van der Waals surface area contributed by atoms with Crippen LogP contribution in [0.4, 0.5) is 5.82 Å². The predicted molar refractivity (Wildman–Crippen MR) is 134 cm³/mol. The van der Waals surface area contributed by atoms with E-state index in [1.54, 1.807) is 24.0 Å². The van der Waals surface area contributed by atoms with Crippen molar-refractivity contribution in [2.75, 3.05) is 18.4 Å². The summed E-state index contributed by atoms with van der Waals surface area (Å²) in [5, 5.41) is 23.4. The molecule has 8 heteroatoms. The van der Waals surface area contributed by atoms with Gasteiger partial charge in [-0.25, -0.2) is 4.98 Å². The molecule has 0 bridgehead atoms. The summed E-state index contributed by atoms with van der Waals surface area (Å²) >= 11 is 0. The topological polar surface area (TPSA) is 109 Å². The highest BCUT2D eigenvalue weighted by Gasteiger charge is 2.21. The summed E-state index contributed by atoms with van der Waals surface area (Å²) in [6.07, 6.45) is 3.49. The number of aromatic nitrogens is 4. The number of carbonyl (C=O) groups is 1. The quantitative estimate of drug-likeness (QED) is 0.389. The van der Waals surface area contributed by atoms with Gasteiger partial charge in [0, 0.05) is 31.9 Å². The van der Waals surface area contributed by atoms with Crippen molar-refractivity contribution < 1.29 is 4.79 Å². The maximum atomic E-state index is 13.2. The van der Waals surface area contributed by atoms with Gasteiger partial charge in [0.25, 0.3) is 0 Å². The molecule has 2 aromatic heterocycles. The second kappa shape index (κ2) is 11.2. The van der Waals surface area contributed by atoms with Crippen molar-refractivity contribution in [3.63, 3.8) is 0 Å². The summed E-state index contributed by atoms with van der Waals surface area (Å²) in [6, 6.07) is 23.1. The number of anilines is 1. The van der Waals surface area contributed by atoms with E-state index in [0.29, 0.717) is 24.5 Å². The number of carbonyl (C=O) groups excluding carboxylic acids is 1. The molecule has 4 aromatic rings. The van der Waals surface area contributed by atoms with E-state index >= 15 is 0 Å². The summed E-state index contributed by atoms with van der Waals surface area (Å²) < 4.78 is 1.63. The molecule has 1 unspecified atom stereocenters. The van der Waals surface area contributed by atoms with Crippen LogP contribution in [0.3, 0.4) is 0 Å². The summed E-state index contributed by atoms with van der Waals surface area (Å²) in [4.78, 5) is 17.6. The van der Waals surface area contributed by atoms with E-state index in [1.165, 1.54) is 0 Å². The van der Waals surface area contributed by atoms with E-state index in [9.17, 15) is 4.79 Å². The van der Waals surface area contributed by atoms with E-state index in [-0.39, 0.29) is 17.7 Å². The molecular weight excluding hydrogens is 438 g/mol. The number of pyridine rings is 1. The zero-order chi connectivity index (χ0) is 24.6. The lowest BCUT2D eigenvalue weighted by molar-refractivity contribution is -0.117. The summed E-state index contributed by atoms with van der Waals surface area (Å²) in [5.74, 6) is 0.201. The van der Waals surface area contributed by atoms with Crippen molar-refractivity contribution in [3.8, 4) is 17.3 Å². The monoisotopic (exact) mass is 465 g/mol. The van der Waals surface area contributed by atoms with Gasteiger partial charge in [0.15, 0.2) is 0 Å². The number of hydrogen-bond acceptors (Lipinski definition) is 6. The number of aryl methyl sites for hydroxylation is 1. The smallest absolute Gasteiger partial charge is 0.234 e. The van der Waals surface area contributed by atoms with Crippen LogP contribution in [0.5, 0.6) is 0 Å². The van der Waals surface area contributed by atoms with Gasteiger partial charge in [-0.2, -0.15) is 5.26 Å². The molecule has 2 atom stereocenters. The molecule has 0 fully saturated rings. The van der Waals surface area contributed by atoms with Gasteiger partial charge in [-0.15, -0.1) is 5.10 Å². The maximum absolute atomic E-state index is 13.2. The molecule has 2 N–H and O–H groups in total. The zero-order valence-corrected chi connectivity index (χ0v) is 19.7. The van der Waals surface area contributed by atoms with E-state index in [0.717, 1.165) is 22.4 Å². The lowest BCUT2D eigenvalue weighted by atomic mass is 9.96. The second-order valence-electron chi connectivity index (χ2n) is 8.46.